The van der Waals surface area contributed by atoms with Crippen LogP contribution in [0.1, 0.15) is 19.3 Å². The third-order valence-corrected chi connectivity index (χ3v) is 5.30. The van der Waals surface area contributed by atoms with E-state index in [-0.39, 0.29) is 31.3 Å². The molecule has 0 aromatic heterocycles. The first kappa shape index (κ1) is 21.9. The summed E-state index contributed by atoms with van der Waals surface area (Å²) in [6.45, 7) is 0.876. The second-order valence-electron chi connectivity index (χ2n) is 7.55. The second-order valence-corrected chi connectivity index (χ2v) is 7.99. The Morgan fingerprint density at radius 2 is 1.87 bits per heavy atom. The summed E-state index contributed by atoms with van der Waals surface area (Å²) in [6.07, 6.45) is 1.50. The number of ether oxygens (including phenoxy) is 2. The predicted octanol–water partition coefficient (Wildman–Crippen LogP) is 3.42. The number of amides is 2. The molecule has 2 amide bonds. The van der Waals surface area contributed by atoms with Gasteiger partial charge in [-0.1, -0.05) is 23.7 Å². The Balaban J connectivity index is 1.65. The van der Waals surface area contributed by atoms with Crippen LogP contribution in [0.3, 0.4) is 0 Å². The maximum absolute atomic E-state index is 13.3. The minimum atomic E-state index is -0.596. The number of likely N-dealkylation sites (tertiary alicyclic amines) is 1. The van der Waals surface area contributed by atoms with Gasteiger partial charge in [0.05, 0.1) is 6.61 Å². The largest absolute Gasteiger partial charge is 0.493 e. The van der Waals surface area contributed by atoms with Gasteiger partial charge in [0.1, 0.15) is 17.3 Å². The zero-order chi connectivity index (χ0) is 21.6. The van der Waals surface area contributed by atoms with Gasteiger partial charge in [-0.25, -0.2) is 4.39 Å². The number of nitrogens with zero attached hydrogens (tertiary/aromatic N) is 1. The van der Waals surface area contributed by atoms with Gasteiger partial charge in [0.15, 0.2) is 6.61 Å². The first-order chi connectivity index (χ1) is 14.3. The highest BCUT2D eigenvalue weighted by atomic mass is 35.5. The van der Waals surface area contributed by atoms with E-state index in [1.165, 1.54) is 18.2 Å². The molecule has 30 heavy (non-hydrogen) atoms. The van der Waals surface area contributed by atoms with E-state index in [0.717, 1.165) is 0 Å². The third-order valence-electron chi connectivity index (χ3n) is 5.06. The molecule has 8 heteroatoms. The summed E-state index contributed by atoms with van der Waals surface area (Å²) in [5, 5.41) is 0.548. The highest BCUT2D eigenvalue weighted by Gasteiger charge is 2.39. The van der Waals surface area contributed by atoms with Crippen LogP contribution in [0.15, 0.2) is 48.5 Å². The molecule has 2 aromatic carbocycles. The van der Waals surface area contributed by atoms with E-state index < -0.39 is 17.1 Å². The molecule has 0 aliphatic carbocycles. The van der Waals surface area contributed by atoms with Crippen molar-refractivity contribution in [1.82, 2.24) is 4.90 Å². The lowest BCUT2D eigenvalue weighted by molar-refractivity contribution is -0.139. The molecular weight excluding hydrogens is 411 g/mol. The predicted molar refractivity (Wildman–Crippen MR) is 111 cm³/mol. The van der Waals surface area contributed by atoms with Crippen LogP contribution in [-0.2, 0) is 9.59 Å². The van der Waals surface area contributed by atoms with Gasteiger partial charge in [0.2, 0.25) is 5.91 Å². The first-order valence-electron chi connectivity index (χ1n) is 9.68. The van der Waals surface area contributed by atoms with Crippen molar-refractivity contribution in [3.63, 3.8) is 0 Å². The normalized spacial score (nSPS) is 18.7. The van der Waals surface area contributed by atoms with E-state index in [2.05, 4.69) is 0 Å². The standard InChI is InChI=1S/C22H24ClFN2O4/c23-16-4-1-6-18(10-16)30-15-22(12-20(25)27)8-3-9-26(14-22)21(28)13-29-19-7-2-5-17(24)11-19/h1-2,4-7,10-11H,3,8-9,12-15H2,(H2,25,27). The molecule has 1 aliphatic rings. The Morgan fingerprint density at radius 3 is 2.57 bits per heavy atom. The molecular formula is C22H24ClFN2O4. The highest BCUT2D eigenvalue weighted by molar-refractivity contribution is 6.30. The van der Waals surface area contributed by atoms with E-state index >= 15 is 0 Å². The minimum absolute atomic E-state index is 0.0993. The van der Waals surface area contributed by atoms with Crippen molar-refractivity contribution in [2.45, 2.75) is 19.3 Å². The number of halogens is 2. The molecule has 2 N–H and O–H groups in total. The van der Waals surface area contributed by atoms with Crippen LogP contribution in [0.4, 0.5) is 4.39 Å². The fraction of sp³-hybridized carbons (Fsp3) is 0.364. The smallest absolute Gasteiger partial charge is 0.260 e. The Hall–Kier alpha value is -2.80. The fourth-order valence-corrected chi connectivity index (χ4v) is 3.87. The zero-order valence-corrected chi connectivity index (χ0v) is 17.2. The zero-order valence-electron chi connectivity index (χ0n) is 16.5. The number of benzene rings is 2. The average molecular weight is 435 g/mol. The van der Waals surface area contributed by atoms with Crippen molar-refractivity contribution < 1.29 is 23.5 Å². The number of hydrogen-bond donors (Lipinski definition) is 1. The molecule has 160 valence electrons. The molecule has 0 spiro atoms. The molecule has 1 fully saturated rings. The van der Waals surface area contributed by atoms with Gasteiger partial charge in [0.25, 0.3) is 5.91 Å². The number of primary amides is 1. The Kier molecular flexibility index (Phi) is 7.15. The lowest BCUT2D eigenvalue weighted by Gasteiger charge is -2.42. The van der Waals surface area contributed by atoms with Crippen LogP contribution in [0.25, 0.3) is 0 Å². The lowest BCUT2D eigenvalue weighted by Crippen LogP contribution is -2.51. The van der Waals surface area contributed by atoms with Crippen LogP contribution in [0, 0.1) is 11.2 Å². The van der Waals surface area contributed by atoms with Gasteiger partial charge in [-0.3, -0.25) is 9.59 Å². The van der Waals surface area contributed by atoms with Crippen LogP contribution in [-0.4, -0.2) is 43.0 Å². The number of carbonyl (C=O) groups excluding carboxylic acids is 2. The van der Waals surface area contributed by atoms with Crippen molar-refractivity contribution >= 4 is 23.4 Å². The monoisotopic (exact) mass is 434 g/mol. The summed E-state index contributed by atoms with van der Waals surface area (Å²) in [5.41, 5.74) is 4.90. The molecule has 6 nitrogen and oxygen atoms in total. The van der Waals surface area contributed by atoms with Crippen LogP contribution >= 0.6 is 11.6 Å². The quantitative estimate of drug-likeness (QED) is 0.690. The van der Waals surface area contributed by atoms with Gasteiger partial charge < -0.3 is 20.1 Å². The van der Waals surface area contributed by atoms with Gasteiger partial charge in [0, 0.05) is 36.0 Å². The number of hydrogen-bond acceptors (Lipinski definition) is 4. The van der Waals surface area contributed by atoms with E-state index in [4.69, 9.17) is 26.8 Å². The first-order valence-corrected chi connectivity index (χ1v) is 10.1. The molecule has 1 heterocycles. The molecule has 2 aromatic rings. The van der Waals surface area contributed by atoms with E-state index in [1.807, 2.05) is 0 Å². The van der Waals surface area contributed by atoms with Crippen molar-refractivity contribution in [1.29, 1.82) is 0 Å². The fourth-order valence-electron chi connectivity index (χ4n) is 3.69. The maximum atomic E-state index is 13.3. The molecule has 3 rings (SSSR count). The van der Waals surface area contributed by atoms with Crippen LogP contribution < -0.4 is 15.2 Å². The van der Waals surface area contributed by atoms with Crippen molar-refractivity contribution in [2.24, 2.45) is 11.1 Å². The lowest BCUT2D eigenvalue weighted by atomic mass is 9.77. The number of piperidine rings is 1. The number of rotatable bonds is 8. The van der Waals surface area contributed by atoms with Gasteiger partial charge in [-0.05, 0) is 43.2 Å². The van der Waals surface area contributed by atoms with E-state index in [0.29, 0.717) is 36.7 Å². The molecule has 1 aliphatic heterocycles. The summed E-state index contributed by atoms with van der Waals surface area (Å²) in [4.78, 5) is 26.1. The summed E-state index contributed by atoms with van der Waals surface area (Å²) >= 11 is 6.00. The van der Waals surface area contributed by atoms with Crippen LogP contribution in [0.5, 0.6) is 11.5 Å². The summed E-state index contributed by atoms with van der Waals surface area (Å²) in [6, 6.07) is 12.6. The molecule has 0 radical (unpaired) electrons. The molecule has 1 saturated heterocycles. The Bertz CT molecular complexity index is 910. The molecule has 0 saturated carbocycles. The highest BCUT2D eigenvalue weighted by Crippen LogP contribution is 2.34. The maximum Gasteiger partial charge on any atom is 0.260 e. The Morgan fingerprint density at radius 1 is 1.13 bits per heavy atom. The number of carbonyl (C=O) groups is 2. The van der Waals surface area contributed by atoms with Crippen molar-refractivity contribution in [3.05, 3.63) is 59.4 Å². The topological polar surface area (TPSA) is 81.9 Å². The van der Waals surface area contributed by atoms with Crippen LogP contribution in [0.2, 0.25) is 5.02 Å². The molecule has 1 atom stereocenters. The van der Waals surface area contributed by atoms with Crippen molar-refractivity contribution in [3.8, 4) is 11.5 Å². The minimum Gasteiger partial charge on any atom is -0.493 e. The van der Waals surface area contributed by atoms with Gasteiger partial charge in [-0.15, -0.1) is 0 Å². The Labute approximate surface area is 179 Å². The van der Waals surface area contributed by atoms with Gasteiger partial charge >= 0.3 is 0 Å². The SMILES string of the molecule is NC(=O)CC1(COc2cccc(Cl)c2)CCCN(C(=O)COc2cccc(F)c2)C1. The number of nitrogens with two attached hydrogens (primary N) is 1. The second kappa shape index (κ2) is 9.80. The van der Waals surface area contributed by atoms with Crippen molar-refractivity contribution in [2.75, 3.05) is 26.3 Å². The average Bonchev–Trinajstić information content (AvgIpc) is 2.70. The summed E-state index contributed by atoms with van der Waals surface area (Å²) in [5.74, 6) is -0.251. The third kappa shape index (κ3) is 6.10. The van der Waals surface area contributed by atoms with E-state index in [1.54, 1.807) is 35.2 Å². The van der Waals surface area contributed by atoms with Gasteiger partial charge in [-0.2, -0.15) is 0 Å². The molecule has 1 unspecified atom stereocenters. The van der Waals surface area contributed by atoms with E-state index in [9.17, 15) is 14.0 Å². The molecule has 0 bridgehead atoms. The summed E-state index contributed by atoms with van der Waals surface area (Å²) in [7, 11) is 0. The summed E-state index contributed by atoms with van der Waals surface area (Å²) < 4.78 is 24.6.